The SMILES string of the molecule is CCOC(=O)C(C#N)O[C@H]1O[C@H](COC(C)=O)[C@@H](OC(C)=O)[C@H](OC(C)=O)[C@H]1OC(C)=O. The molecule has 32 heavy (non-hydrogen) atoms. The summed E-state index contributed by atoms with van der Waals surface area (Å²) >= 11 is 0. The zero-order valence-corrected chi connectivity index (χ0v) is 18.2. The summed E-state index contributed by atoms with van der Waals surface area (Å²) in [6.45, 7) is 5.28. The average molecular weight is 459 g/mol. The number of nitriles is 1. The van der Waals surface area contributed by atoms with Crippen molar-refractivity contribution in [3.63, 3.8) is 0 Å². The van der Waals surface area contributed by atoms with Crippen molar-refractivity contribution in [3.8, 4) is 6.07 Å². The molecule has 13 nitrogen and oxygen atoms in total. The number of carbonyl (C=O) groups excluding carboxylic acids is 5. The fraction of sp³-hybridized carbons (Fsp3) is 0.684. The molecule has 1 aliphatic heterocycles. The van der Waals surface area contributed by atoms with Crippen LogP contribution in [0, 0.1) is 11.3 Å². The topological polar surface area (TPSA) is 174 Å². The number of nitrogens with zero attached hydrogens (tertiary/aromatic N) is 1. The van der Waals surface area contributed by atoms with Gasteiger partial charge in [-0.2, -0.15) is 5.26 Å². The van der Waals surface area contributed by atoms with Crippen molar-refractivity contribution >= 4 is 29.8 Å². The summed E-state index contributed by atoms with van der Waals surface area (Å²) in [4.78, 5) is 58.3. The van der Waals surface area contributed by atoms with Crippen molar-refractivity contribution in [2.24, 2.45) is 0 Å². The third-order valence-electron chi connectivity index (χ3n) is 3.84. The number of hydrogen-bond acceptors (Lipinski definition) is 13. The summed E-state index contributed by atoms with van der Waals surface area (Å²) in [5, 5.41) is 9.28. The summed E-state index contributed by atoms with van der Waals surface area (Å²) in [6, 6.07) is 1.58. The summed E-state index contributed by atoms with van der Waals surface area (Å²) < 4.78 is 36.2. The van der Waals surface area contributed by atoms with Crippen LogP contribution in [0.15, 0.2) is 0 Å². The van der Waals surface area contributed by atoms with E-state index in [1.807, 2.05) is 0 Å². The van der Waals surface area contributed by atoms with E-state index in [1.54, 1.807) is 6.07 Å². The molecule has 1 unspecified atom stereocenters. The van der Waals surface area contributed by atoms with Crippen LogP contribution in [0.2, 0.25) is 0 Å². The highest BCUT2D eigenvalue weighted by molar-refractivity contribution is 5.77. The van der Waals surface area contributed by atoms with Gasteiger partial charge in [0.2, 0.25) is 12.4 Å². The van der Waals surface area contributed by atoms with Gasteiger partial charge in [-0.1, -0.05) is 0 Å². The summed E-state index contributed by atoms with van der Waals surface area (Å²) in [6.07, 6.45) is -9.16. The van der Waals surface area contributed by atoms with E-state index in [-0.39, 0.29) is 6.61 Å². The molecule has 0 aliphatic carbocycles. The van der Waals surface area contributed by atoms with E-state index in [0.717, 1.165) is 27.7 Å². The van der Waals surface area contributed by atoms with Crippen LogP contribution in [0.25, 0.3) is 0 Å². The number of carbonyl (C=O) groups is 5. The molecule has 13 heteroatoms. The zero-order chi connectivity index (χ0) is 24.4. The predicted molar refractivity (Wildman–Crippen MR) is 99.1 cm³/mol. The maximum atomic E-state index is 12.0. The van der Waals surface area contributed by atoms with Crippen molar-refractivity contribution in [3.05, 3.63) is 0 Å². The van der Waals surface area contributed by atoms with Gasteiger partial charge in [0.15, 0.2) is 18.3 Å². The van der Waals surface area contributed by atoms with Crippen molar-refractivity contribution in [1.29, 1.82) is 5.26 Å². The molecular weight excluding hydrogens is 434 g/mol. The van der Waals surface area contributed by atoms with Crippen LogP contribution in [-0.2, 0) is 57.1 Å². The second-order valence-electron chi connectivity index (χ2n) is 6.46. The predicted octanol–water partition coefficient (Wildman–Crippen LogP) is -0.459. The van der Waals surface area contributed by atoms with Gasteiger partial charge in [-0.25, -0.2) is 4.79 Å². The smallest absolute Gasteiger partial charge is 0.350 e. The molecule has 6 atom stereocenters. The minimum absolute atomic E-state index is 0.0427. The second-order valence-corrected chi connectivity index (χ2v) is 6.46. The van der Waals surface area contributed by atoms with E-state index in [1.165, 1.54) is 6.92 Å². The van der Waals surface area contributed by atoms with Crippen molar-refractivity contribution in [2.45, 2.75) is 71.4 Å². The van der Waals surface area contributed by atoms with Crippen molar-refractivity contribution in [2.75, 3.05) is 13.2 Å². The molecule has 0 N–H and O–H groups in total. The molecule has 0 bridgehead atoms. The molecule has 178 valence electrons. The Bertz CT molecular complexity index is 760. The lowest BCUT2D eigenvalue weighted by molar-refractivity contribution is -0.312. The lowest BCUT2D eigenvalue weighted by Crippen LogP contribution is -2.63. The Hall–Kier alpha value is -3.24. The van der Waals surface area contributed by atoms with Crippen LogP contribution in [0.1, 0.15) is 34.6 Å². The molecule has 1 saturated heterocycles. The van der Waals surface area contributed by atoms with Gasteiger partial charge in [-0.3, -0.25) is 19.2 Å². The largest absolute Gasteiger partial charge is 0.463 e. The van der Waals surface area contributed by atoms with Crippen LogP contribution < -0.4 is 0 Å². The monoisotopic (exact) mass is 459 g/mol. The Labute approximate surface area is 183 Å². The normalized spacial score (nSPS) is 25.4. The maximum absolute atomic E-state index is 12.0. The molecule has 0 spiro atoms. The first-order valence-electron chi connectivity index (χ1n) is 9.52. The Balaban J connectivity index is 3.39. The van der Waals surface area contributed by atoms with E-state index in [0.29, 0.717) is 0 Å². The molecular formula is C19H25NO12. The van der Waals surface area contributed by atoms with E-state index in [4.69, 9.17) is 33.2 Å². The van der Waals surface area contributed by atoms with Gasteiger partial charge < -0.3 is 33.2 Å². The van der Waals surface area contributed by atoms with Crippen LogP contribution in [0.5, 0.6) is 0 Å². The highest BCUT2D eigenvalue weighted by Gasteiger charge is 2.53. The molecule has 0 amide bonds. The van der Waals surface area contributed by atoms with Gasteiger partial charge in [-0.05, 0) is 6.92 Å². The van der Waals surface area contributed by atoms with Gasteiger partial charge in [-0.15, -0.1) is 0 Å². The highest BCUT2D eigenvalue weighted by atomic mass is 16.7. The van der Waals surface area contributed by atoms with Crippen LogP contribution in [-0.4, -0.2) is 79.9 Å². The molecule has 1 heterocycles. The van der Waals surface area contributed by atoms with Gasteiger partial charge in [0.25, 0.3) is 0 Å². The van der Waals surface area contributed by atoms with Crippen molar-refractivity contribution in [1.82, 2.24) is 0 Å². The molecule has 0 aromatic rings. The average Bonchev–Trinajstić information content (AvgIpc) is 2.67. The van der Waals surface area contributed by atoms with E-state index in [2.05, 4.69) is 0 Å². The Morgan fingerprint density at radius 2 is 1.38 bits per heavy atom. The number of esters is 5. The standard InChI is InChI=1S/C19H25NO12/c1-6-26-18(25)13(7-20)31-19-17(30-12(5)24)16(29-11(4)23)15(28-10(3)22)14(32-19)8-27-9(2)21/h13-17,19H,6,8H2,1-5H3/t13?,14-,15-,16+,17-,19+/m1/s1. The Morgan fingerprint density at radius 1 is 0.844 bits per heavy atom. The molecule has 0 saturated carbocycles. The van der Waals surface area contributed by atoms with E-state index in [9.17, 15) is 29.2 Å². The summed E-state index contributed by atoms with van der Waals surface area (Å²) in [5.74, 6) is -4.22. The lowest BCUT2D eigenvalue weighted by atomic mass is 9.98. The molecule has 1 rings (SSSR count). The first kappa shape index (κ1) is 26.8. The number of rotatable bonds is 9. The first-order chi connectivity index (χ1) is 15.0. The fourth-order valence-corrected chi connectivity index (χ4v) is 2.79. The van der Waals surface area contributed by atoms with Crippen LogP contribution >= 0.6 is 0 Å². The molecule has 0 aromatic heterocycles. The minimum atomic E-state index is -1.80. The van der Waals surface area contributed by atoms with E-state index >= 15 is 0 Å². The van der Waals surface area contributed by atoms with Crippen LogP contribution in [0.4, 0.5) is 0 Å². The second kappa shape index (κ2) is 12.6. The first-order valence-corrected chi connectivity index (χ1v) is 9.52. The number of ether oxygens (including phenoxy) is 7. The fourth-order valence-electron chi connectivity index (χ4n) is 2.79. The third kappa shape index (κ3) is 8.12. The molecule has 1 fully saturated rings. The highest BCUT2D eigenvalue weighted by Crippen LogP contribution is 2.30. The lowest BCUT2D eigenvalue weighted by Gasteiger charge is -2.44. The quantitative estimate of drug-likeness (QED) is 0.320. The molecule has 1 aliphatic rings. The Kier molecular flexibility index (Phi) is 10.5. The Morgan fingerprint density at radius 3 is 1.84 bits per heavy atom. The minimum Gasteiger partial charge on any atom is -0.463 e. The molecule has 0 aromatic carbocycles. The molecule has 0 radical (unpaired) electrons. The van der Waals surface area contributed by atoms with Crippen molar-refractivity contribution < 1.29 is 57.1 Å². The van der Waals surface area contributed by atoms with E-state index < -0.39 is 73.3 Å². The van der Waals surface area contributed by atoms with Crippen LogP contribution in [0.3, 0.4) is 0 Å². The summed E-state index contributed by atoms with van der Waals surface area (Å²) in [5.41, 5.74) is 0. The van der Waals surface area contributed by atoms with Gasteiger partial charge in [0.05, 0.1) is 6.61 Å². The van der Waals surface area contributed by atoms with Gasteiger partial charge in [0, 0.05) is 27.7 Å². The number of hydrogen-bond donors (Lipinski definition) is 0. The van der Waals surface area contributed by atoms with Gasteiger partial charge >= 0.3 is 29.8 Å². The zero-order valence-electron chi connectivity index (χ0n) is 18.2. The maximum Gasteiger partial charge on any atom is 0.350 e. The van der Waals surface area contributed by atoms with Gasteiger partial charge in [0.1, 0.15) is 18.8 Å². The third-order valence-corrected chi connectivity index (χ3v) is 3.84. The summed E-state index contributed by atoms with van der Waals surface area (Å²) in [7, 11) is 0.